The Morgan fingerprint density at radius 2 is 1.89 bits per heavy atom. The Labute approximate surface area is 102 Å². The molecule has 1 aliphatic carbocycles. The van der Waals surface area contributed by atoms with E-state index in [4.69, 9.17) is 0 Å². The zero-order valence-corrected chi connectivity index (χ0v) is 9.29. The SMILES string of the molecule is O=C1c2cccc3cccc(c23)C1(O)C[N+](=O)[O-]. The minimum atomic E-state index is -2.04. The van der Waals surface area contributed by atoms with Crippen LogP contribution in [0.15, 0.2) is 36.4 Å². The van der Waals surface area contributed by atoms with Crippen LogP contribution in [0.5, 0.6) is 0 Å². The van der Waals surface area contributed by atoms with Crippen LogP contribution < -0.4 is 0 Å². The summed E-state index contributed by atoms with van der Waals surface area (Å²) in [5.74, 6) is -0.592. The molecule has 2 aromatic carbocycles. The minimum absolute atomic E-state index is 0.331. The van der Waals surface area contributed by atoms with Crippen LogP contribution >= 0.6 is 0 Å². The van der Waals surface area contributed by atoms with Crippen molar-refractivity contribution < 1.29 is 14.8 Å². The van der Waals surface area contributed by atoms with E-state index in [2.05, 4.69) is 0 Å². The molecule has 0 fully saturated rings. The highest BCUT2D eigenvalue weighted by molar-refractivity contribution is 6.19. The van der Waals surface area contributed by atoms with Gasteiger partial charge in [-0.2, -0.15) is 0 Å². The van der Waals surface area contributed by atoms with Gasteiger partial charge in [-0.1, -0.05) is 36.4 Å². The number of nitro groups is 1. The second-order valence-electron chi connectivity index (χ2n) is 4.39. The quantitative estimate of drug-likeness (QED) is 0.640. The third kappa shape index (κ3) is 1.22. The Hall–Kier alpha value is -2.27. The first-order valence-corrected chi connectivity index (χ1v) is 5.45. The lowest BCUT2D eigenvalue weighted by Gasteiger charge is -2.17. The summed E-state index contributed by atoms with van der Waals surface area (Å²) in [5, 5.41) is 22.5. The summed E-state index contributed by atoms with van der Waals surface area (Å²) in [6.45, 7) is -0.806. The highest BCUT2D eigenvalue weighted by Gasteiger charge is 2.49. The maximum absolute atomic E-state index is 12.2. The summed E-state index contributed by atoms with van der Waals surface area (Å²) in [6.07, 6.45) is 0. The molecule has 0 radical (unpaired) electrons. The van der Waals surface area contributed by atoms with E-state index in [0.717, 1.165) is 5.39 Å². The number of carbonyl (C=O) groups excluding carboxylic acids is 1. The average molecular weight is 243 g/mol. The van der Waals surface area contributed by atoms with Crippen molar-refractivity contribution in [1.29, 1.82) is 0 Å². The maximum atomic E-state index is 12.2. The summed E-state index contributed by atoms with van der Waals surface area (Å²) < 4.78 is 0. The molecule has 1 N–H and O–H groups in total. The van der Waals surface area contributed by atoms with Crippen molar-refractivity contribution >= 4 is 16.6 Å². The van der Waals surface area contributed by atoms with Crippen LogP contribution in [0, 0.1) is 10.1 Å². The Bertz CT molecular complexity index is 689. The highest BCUT2D eigenvalue weighted by Crippen LogP contribution is 2.40. The second kappa shape index (κ2) is 3.36. The second-order valence-corrected chi connectivity index (χ2v) is 4.39. The minimum Gasteiger partial charge on any atom is -0.372 e. The zero-order valence-electron chi connectivity index (χ0n) is 9.29. The molecule has 0 saturated heterocycles. The number of nitrogens with zero attached hydrogens (tertiary/aromatic N) is 1. The van der Waals surface area contributed by atoms with Gasteiger partial charge in [0.2, 0.25) is 17.9 Å². The van der Waals surface area contributed by atoms with Crippen molar-refractivity contribution in [2.24, 2.45) is 0 Å². The summed E-state index contributed by atoms with van der Waals surface area (Å²) in [5.41, 5.74) is -1.35. The van der Waals surface area contributed by atoms with E-state index >= 15 is 0 Å². The number of Topliss-reactive ketones (excluding diaryl/α,β-unsaturated/α-hetero) is 1. The van der Waals surface area contributed by atoms with E-state index in [1.807, 2.05) is 12.1 Å². The first kappa shape index (κ1) is 10.9. The Kier molecular flexibility index (Phi) is 2.03. The Balaban J connectivity index is 2.35. The number of ketones is 1. The Morgan fingerprint density at radius 1 is 1.22 bits per heavy atom. The van der Waals surface area contributed by atoms with Crippen LogP contribution in [0.3, 0.4) is 0 Å². The summed E-state index contributed by atoms with van der Waals surface area (Å²) in [4.78, 5) is 22.2. The molecule has 0 heterocycles. The van der Waals surface area contributed by atoms with Crippen LogP contribution in [0.4, 0.5) is 0 Å². The van der Waals surface area contributed by atoms with E-state index in [-0.39, 0.29) is 0 Å². The van der Waals surface area contributed by atoms with Crippen molar-refractivity contribution in [2.75, 3.05) is 6.54 Å². The van der Waals surface area contributed by atoms with E-state index in [9.17, 15) is 20.0 Å². The van der Waals surface area contributed by atoms with Crippen LogP contribution in [0.1, 0.15) is 15.9 Å². The number of rotatable bonds is 2. The van der Waals surface area contributed by atoms with E-state index in [1.165, 1.54) is 0 Å². The lowest BCUT2D eigenvalue weighted by Crippen LogP contribution is -2.39. The van der Waals surface area contributed by atoms with Gasteiger partial charge in [0, 0.05) is 16.1 Å². The third-order valence-corrected chi connectivity index (χ3v) is 3.33. The van der Waals surface area contributed by atoms with Gasteiger partial charge in [-0.15, -0.1) is 0 Å². The molecule has 0 spiro atoms. The van der Waals surface area contributed by atoms with Crippen LogP contribution in [0.2, 0.25) is 0 Å². The van der Waals surface area contributed by atoms with Gasteiger partial charge in [-0.05, 0) is 10.8 Å². The fourth-order valence-electron chi connectivity index (χ4n) is 2.56. The number of hydrogen-bond donors (Lipinski definition) is 1. The van der Waals surface area contributed by atoms with Crippen molar-refractivity contribution in [3.63, 3.8) is 0 Å². The number of benzene rings is 2. The molecular formula is C13H9NO4. The van der Waals surface area contributed by atoms with Gasteiger partial charge < -0.3 is 5.11 Å². The first-order valence-electron chi connectivity index (χ1n) is 5.45. The molecular weight excluding hydrogens is 234 g/mol. The van der Waals surface area contributed by atoms with E-state index < -0.39 is 22.9 Å². The summed E-state index contributed by atoms with van der Waals surface area (Å²) in [7, 11) is 0. The summed E-state index contributed by atoms with van der Waals surface area (Å²) in [6, 6.07) is 10.2. The van der Waals surface area contributed by atoms with Gasteiger partial charge in [-0.25, -0.2) is 0 Å². The largest absolute Gasteiger partial charge is 0.372 e. The molecule has 5 heteroatoms. The zero-order chi connectivity index (χ0) is 12.9. The molecule has 0 aromatic heterocycles. The molecule has 90 valence electrons. The molecule has 1 aliphatic rings. The molecule has 5 nitrogen and oxygen atoms in total. The molecule has 0 aliphatic heterocycles. The van der Waals surface area contributed by atoms with Crippen molar-refractivity contribution in [2.45, 2.75) is 5.60 Å². The van der Waals surface area contributed by atoms with E-state index in [1.54, 1.807) is 24.3 Å². The predicted octanol–water partition coefficient (Wildman–Crippen LogP) is 1.50. The highest BCUT2D eigenvalue weighted by atomic mass is 16.6. The lowest BCUT2D eigenvalue weighted by molar-refractivity contribution is -0.497. The van der Waals surface area contributed by atoms with Gasteiger partial charge in [0.05, 0.1) is 0 Å². The maximum Gasteiger partial charge on any atom is 0.243 e. The van der Waals surface area contributed by atoms with Crippen molar-refractivity contribution in [1.82, 2.24) is 0 Å². The molecule has 18 heavy (non-hydrogen) atoms. The lowest BCUT2D eigenvalue weighted by atomic mass is 9.94. The predicted molar refractivity (Wildman–Crippen MR) is 64.0 cm³/mol. The average Bonchev–Trinajstić information content (AvgIpc) is 2.54. The molecule has 0 bridgehead atoms. The van der Waals surface area contributed by atoms with Gasteiger partial charge in [-0.3, -0.25) is 14.9 Å². The first-order chi connectivity index (χ1) is 8.54. The number of carbonyl (C=O) groups is 1. The summed E-state index contributed by atoms with van der Waals surface area (Å²) >= 11 is 0. The number of aliphatic hydroxyl groups is 1. The van der Waals surface area contributed by atoms with E-state index in [0.29, 0.717) is 16.5 Å². The number of hydrogen-bond acceptors (Lipinski definition) is 4. The topological polar surface area (TPSA) is 80.4 Å². The fraction of sp³-hybridized carbons (Fsp3) is 0.154. The molecule has 3 rings (SSSR count). The van der Waals surface area contributed by atoms with Crippen LogP contribution in [-0.2, 0) is 5.60 Å². The molecule has 0 amide bonds. The molecule has 1 unspecified atom stereocenters. The van der Waals surface area contributed by atoms with Crippen molar-refractivity contribution in [3.05, 3.63) is 57.6 Å². The monoisotopic (exact) mass is 243 g/mol. The fourth-order valence-corrected chi connectivity index (χ4v) is 2.56. The molecule has 1 atom stereocenters. The smallest absolute Gasteiger partial charge is 0.243 e. The van der Waals surface area contributed by atoms with Crippen LogP contribution in [0.25, 0.3) is 10.8 Å². The van der Waals surface area contributed by atoms with Gasteiger partial charge in [0.1, 0.15) is 0 Å². The molecule has 0 saturated carbocycles. The Morgan fingerprint density at radius 3 is 2.56 bits per heavy atom. The van der Waals surface area contributed by atoms with Crippen LogP contribution in [-0.4, -0.2) is 22.4 Å². The van der Waals surface area contributed by atoms with Gasteiger partial charge >= 0.3 is 0 Å². The standard InChI is InChI=1S/C13H9NO4/c15-12-9-5-1-3-8-4-2-6-10(11(8)9)13(12,16)7-14(17)18/h1-6,16H,7H2. The van der Waals surface area contributed by atoms with Gasteiger partial charge in [0.25, 0.3) is 0 Å². The molecule has 2 aromatic rings. The third-order valence-electron chi connectivity index (χ3n) is 3.33. The normalized spacial score (nSPS) is 21.5. The van der Waals surface area contributed by atoms with Gasteiger partial charge in [0.15, 0.2) is 0 Å². The van der Waals surface area contributed by atoms with Crippen molar-refractivity contribution in [3.8, 4) is 0 Å².